The van der Waals surface area contributed by atoms with Crippen LogP contribution in [0, 0.1) is 0 Å². The number of halogens is 2. The fourth-order valence-corrected chi connectivity index (χ4v) is 5.84. The Hall–Kier alpha value is -2.91. The van der Waals surface area contributed by atoms with Crippen LogP contribution in [0.3, 0.4) is 0 Å². The van der Waals surface area contributed by atoms with Crippen LogP contribution < -0.4 is 0 Å². The van der Waals surface area contributed by atoms with Crippen molar-refractivity contribution in [1.82, 2.24) is 9.88 Å². The van der Waals surface area contributed by atoms with E-state index in [0.717, 1.165) is 5.39 Å². The maximum absolute atomic E-state index is 13.1. The van der Waals surface area contributed by atoms with E-state index in [1.807, 2.05) is 12.1 Å². The van der Waals surface area contributed by atoms with E-state index in [2.05, 4.69) is 4.98 Å². The second-order valence-corrected chi connectivity index (χ2v) is 10.7. The molecule has 6 nitrogen and oxygen atoms in total. The Labute approximate surface area is 197 Å². The number of para-hydroxylation sites is 1. The molecule has 1 amide bonds. The van der Waals surface area contributed by atoms with E-state index in [9.17, 15) is 27.1 Å². The van der Waals surface area contributed by atoms with Gasteiger partial charge >= 0.3 is 0 Å². The Bertz CT molecular complexity index is 1270. The number of hydrogen-bond donors (Lipinski definition) is 1. The van der Waals surface area contributed by atoms with Crippen molar-refractivity contribution in [2.45, 2.75) is 48.4 Å². The Morgan fingerprint density at radius 2 is 1.74 bits per heavy atom. The van der Waals surface area contributed by atoms with Gasteiger partial charge in [0.25, 0.3) is 5.91 Å². The zero-order chi connectivity index (χ0) is 24.3. The Morgan fingerprint density at radius 1 is 1.06 bits per heavy atom. The van der Waals surface area contributed by atoms with Gasteiger partial charge in [0.05, 0.1) is 21.8 Å². The summed E-state index contributed by atoms with van der Waals surface area (Å²) in [6, 6.07) is 15.0. The number of carbonyl (C=O) groups is 1. The first-order chi connectivity index (χ1) is 16.2. The minimum atomic E-state index is -3.66. The van der Waals surface area contributed by atoms with Gasteiger partial charge in [-0.2, -0.15) is 0 Å². The summed E-state index contributed by atoms with van der Waals surface area (Å²) in [7, 11) is -3.66. The normalized spacial score (nSPS) is 16.2. The molecule has 1 saturated heterocycles. The van der Waals surface area contributed by atoms with Crippen molar-refractivity contribution in [3.05, 3.63) is 71.9 Å². The van der Waals surface area contributed by atoms with Crippen molar-refractivity contribution in [1.29, 1.82) is 0 Å². The standard InChI is InChI=1S/C25H26F2N2O4S/c26-22(27)10-11-25(31)12-15-29(16-13-25)24(30)20-8-6-18(7-9-20)17-34(32,33)21-5-1-3-19-4-2-14-28-23(19)21/h1-9,14,22,31H,10-13,15-17H2. The average Bonchev–Trinajstić information content (AvgIpc) is 2.83. The van der Waals surface area contributed by atoms with E-state index in [4.69, 9.17) is 0 Å². The van der Waals surface area contributed by atoms with E-state index in [-0.39, 0.29) is 55.3 Å². The summed E-state index contributed by atoms with van der Waals surface area (Å²) >= 11 is 0. The number of alkyl halides is 2. The van der Waals surface area contributed by atoms with Crippen LogP contribution in [0.2, 0.25) is 0 Å². The summed E-state index contributed by atoms with van der Waals surface area (Å²) in [4.78, 5) is 18.8. The highest BCUT2D eigenvalue weighted by Crippen LogP contribution is 2.29. The maximum Gasteiger partial charge on any atom is 0.253 e. The first-order valence-electron chi connectivity index (χ1n) is 11.1. The predicted octanol–water partition coefficient (Wildman–Crippen LogP) is 4.22. The maximum atomic E-state index is 13.1. The van der Waals surface area contributed by atoms with E-state index < -0.39 is 21.9 Å². The molecule has 0 spiro atoms. The lowest BCUT2D eigenvalue weighted by Gasteiger charge is -2.38. The molecule has 0 bridgehead atoms. The molecule has 180 valence electrons. The van der Waals surface area contributed by atoms with Crippen LogP contribution in [0.25, 0.3) is 10.9 Å². The number of pyridine rings is 1. The molecule has 1 N–H and O–H groups in total. The van der Waals surface area contributed by atoms with Gasteiger partial charge in [-0.1, -0.05) is 30.3 Å². The first kappa shape index (κ1) is 24.2. The molecular formula is C25H26F2N2O4S. The Balaban J connectivity index is 1.42. The number of likely N-dealkylation sites (tertiary alicyclic amines) is 1. The lowest BCUT2D eigenvalue weighted by molar-refractivity contribution is -0.0346. The van der Waals surface area contributed by atoms with Crippen LogP contribution in [0.15, 0.2) is 65.7 Å². The average molecular weight is 489 g/mol. The van der Waals surface area contributed by atoms with Gasteiger partial charge < -0.3 is 10.0 Å². The van der Waals surface area contributed by atoms with Crippen LogP contribution in [0.5, 0.6) is 0 Å². The number of piperidine rings is 1. The van der Waals surface area contributed by atoms with Gasteiger partial charge in [-0.05, 0) is 49.1 Å². The van der Waals surface area contributed by atoms with Gasteiger partial charge in [-0.15, -0.1) is 0 Å². The quantitative estimate of drug-likeness (QED) is 0.538. The number of amides is 1. The smallest absolute Gasteiger partial charge is 0.253 e. The number of hydrogen-bond acceptors (Lipinski definition) is 5. The number of aromatic nitrogens is 1. The second kappa shape index (κ2) is 9.76. The molecule has 9 heteroatoms. The number of nitrogens with zero attached hydrogens (tertiary/aromatic N) is 2. The number of aliphatic hydroxyl groups is 1. The zero-order valence-electron chi connectivity index (χ0n) is 18.5. The van der Waals surface area contributed by atoms with Crippen molar-refractivity contribution in [3.8, 4) is 0 Å². The molecule has 2 heterocycles. The fraction of sp³-hybridized carbons (Fsp3) is 0.360. The van der Waals surface area contributed by atoms with Crippen molar-refractivity contribution < 1.29 is 27.1 Å². The van der Waals surface area contributed by atoms with Crippen molar-refractivity contribution in [3.63, 3.8) is 0 Å². The van der Waals surface area contributed by atoms with Gasteiger partial charge in [0.2, 0.25) is 6.43 Å². The minimum Gasteiger partial charge on any atom is -0.390 e. The first-order valence-corrected chi connectivity index (χ1v) is 12.8. The molecule has 1 aliphatic rings. The molecule has 0 aliphatic carbocycles. The van der Waals surface area contributed by atoms with Crippen LogP contribution in [-0.4, -0.2) is 54.4 Å². The molecular weight excluding hydrogens is 462 g/mol. The summed E-state index contributed by atoms with van der Waals surface area (Å²) in [5.41, 5.74) is 0.216. The molecule has 34 heavy (non-hydrogen) atoms. The van der Waals surface area contributed by atoms with Gasteiger partial charge in [0.1, 0.15) is 0 Å². The summed E-state index contributed by atoms with van der Waals surface area (Å²) in [5.74, 6) is -0.457. The molecule has 1 aliphatic heterocycles. The lowest BCUT2D eigenvalue weighted by Crippen LogP contribution is -2.46. The minimum absolute atomic E-state index is 0.0160. The monoisotopic (exact) mass is 488 g/mol. The summed E-state index contributed by atoms with van der Waals surface area (Å²) in [5, 5.41) is 11.2. The number of fused-ring (bicyclic) bond motifs is 1. The summed E-state index contributed by atoms with van der Waals surface area (Å²) in [6.45, 7) is 0.561. The molecule has 0 saturated carbocycles. The SMILES string of the molecule is O=C(c1ccc(CS(=O)(=O)c2cccc3cccnc23)cc1)N1CCC(O)(CCC(F)F)CC1. The van der Waals surface area contributed by atoms with E-state index >= 15 is 0 Å². The Kier molecular flexibility index (Phi) is 6.95. The van der Waals surface area contributed by atoms with Crippen molar-refractivity contribution in [2.75, 3.05) is 13.1 Å². The Morgan fingerprint density at radius 3 is 2.41 bits per heavy atom. The van der Waals surface area contributed by atoms with Gasteiger partial charge in [-0.3, -0.25) is 9.78 Å². The summed E-state index contributed by atoms with van der Waals surface area (Å²) in [6.07, 6.45) is -0.738. The lowest BCUT2D eigenvalue weighted by atomic mass is 9.87. The van der Waals surface area contributed by atoms with Crippen LogP contribution in [0.1, 0.15) is 41.6 Å². The molecule has 4 rings (SSSR count). The molecule has 1 fully saturated rings. The number of sulfone groups is 1. The second-order valence-electron chi connectivity index (χ2n) is 8.73. The van der Waals surface area contributed by atoms with E-state index in [1.54, 1.807) is 53.6 Å². The molecule has 0 atom stereocenters. The molecule has 0 unspecified atom stereocenters. The third kappa shape index (κ3) is 5.42. The zero-order valence-corrected chi connectivity index (χ0v) is 19.3. The highest BCUT2D eigenvalue weighted by atomic mass is 32.2. The third-order valence-electron chi connectivity index (χ3n) is 6.30. The van der Waals surface area contributed by atoms with Crippen molar-refractivity contribution >= 4 is 26.6 Å². The summed E-state index contributed by atoms with van der Waals surface area (Å²) < 4.78 is 51.0. The van der Waals surface area contributed by atoms with Gasteiger partial charge in [0, 0.05) is 36.7 Å². The fourth-order valence-electron chi connectivity index (χ4n) is 4.30. The molecule has 2 aromatic carbocycles. The highest BCUT2D eigenvalue weighted by Gasteiger charge is 2.34. The van der Waals surface area contributed by atoms with Gasteiger partial charge in [0.15, 0.2) is 9.84 Å². The third-order valence-corrected chi connectivity index (χ3v) is 8.01. The van der Waals surface area contributed by atoms with Gasteiger partial charge in [-0.25, -0.2) is 17.2 Å². The molecule has 3 aromatic rings. The van der Waals surface area contributed by atoms with E-state index in [1.165, 1.54) is 0 Å². The number of benzene rings is 2. The predicted molar refractivity (Wildman–Crippen MR) is 124 cm³/mol. The van der Waals surface area contributed by atoms with E-state index in [0.29, 0.717) is 16.6 Å². The highest BCUT2D eigenvalue weighted by molar-refractivity contribution is 7.90. The number of carbonyl (C=O) groups excluding carboxylic acids is 1. The molecule has 1 aromatic heterocycles. The number of rotatable bonds is 7. The van der Waals surface area contributed by atoms with Crippen LogP contribution >= 0.6 is 0 Å². The van der Waals surface area contributed by atoms with Crippen LogP contribution in [-0.2, 0) is 15.6 Å². The topological polar surface area (TPSA) is 87.6 Å². The molecule has 0 radical (unpaired) electrons. The largest absolute Gasteiger partial charge is 0.390 e. The van der Waals surface area contributed by atoms with Crippen molar-refractivity contribution in [2.24, 2.45) is 0 Å². The van der Waals surface area contributed by atoms with Crippen LogP contribution in [0.4, 0.5) is 8.78 Å².